The zero-order valence-electron chi connectivity index (χ0n) is 6.02. The van der Waals surface area contributed by atoms with Gasteiger partial charge in [0.25, 0.3) is 0 Å². The highest BCUT2D eigenvalue weighted by Gasteiger charge is 2.13. The molecule has 0 aliphatic heterocycles. The fourth-order valence-electron chi connectivity index (χ4n) is 0.856. The van der Waals surface area contributed by atoms with Crippen LogP contribution in [-0.4, -0.2) is 30.6 Å². The first-order valence-electron chi connectivity index (χ1n) is 3.18. The third-order valence-electron chi connectivity index (χ3n) is 1.39. The van der Waals surface area contributed by atoms with Crippen LogP contribution in [-0.2, 0) is 0 Å². The van der Waals surface area contributed by atoms with Crippen molar-refractivity contribution in [2.24, 2.45) is 0 Å². The number of carboxylic acids is 2. The van der Waals surface area contributed by atoms with Crippen molar-refractivity contribution in [1.82, 2.24) is 0 Å². The maximum absolute atomic E-state index is 10.5. The van der Waals surface area contributed by atoms with Gasteiger partial charge in [0.15, 0.2) is 0 Å². The molecule has 2 N–H and O–H groups in total. The van der Waals surface area contributed by atoms with E-state index >= 15 is 0 Å². The fraction of sp³-hybridized carbons (Fsp3) is 0. The van der Waals surface area contributed by atoms with Crippen LogP contribution in [0.15, 0.2) is 24.3 Å². The van der Waals surface area contributed by atoms with E-state index in [1.165, 1.54) is 24.3 Å². The lowest BCUT2D eigenvalue weighted by molar-refractivity contribution is 0.0651. The summed E-state index contributed by atoms with van der Waals surface area (Å²) in [5.74, 6) is -2.46. The maximum Gasteiger partial charge on any atom is 0.336 e. The average Bonchev–Trinajstić information content (AvgIpc) is 2.04. The predicted molar refractivity (Wildman–Crippen MR) is 50.3 cm³/mol. The molecule has 1 rings (SSSR count). The summed E-state index contributed by atoms with van der Waals surface area (Å²) >= 11 is 0. The van der Waals surface area contributed by atoms with Crippen molar-refractivity contribution in [2.75, 3.05) is 0 Å². The van der Waals surface area contributed by atoms with Gasteiger partial charge in [-0.15, -0.1) is 0 Å². The van der Waals surface area contributed by atoms with Gasteiger partial charge in [-0.05, 0) is 12.1 Å². The third kappa shape index (κ3) is 2.33. The Morgan fingerprint density at radius 3 is 1.46 bits per heavy atom. The molecule has 68 valence electrons. The second-order valence-corrected chi connectivity index (χ2v) is 2.16. The van der Waals surface area contributed by atoms with Crippen molar-refractivity contribution in [3.8, 4) is 0 Å². The number of benzene rings is 1. The van der Waals surface area contributed by atoms with Crippen LogP contribution in [0, 0.1) is 0 Å². The number of carboxylic acid groups (broad SMARTS) is 2. The Balaban J connectivity index is 0.00000144. The molecule has 0 fully saturated rings. The Morgan fingerprint density at radius 1 is 0.923 bits per heavy atom. The number of aromatic carboxylic acids is 2. The second-order valence-electron chi connectivity index (χ2n) is 2.16. The Labute approximate surface area is 76.4 Å². The summed E-state index contributed by atoms with van der Waals surface area (Å²) in [6, 6.07) is 5.48. The molecule has 0 radical (unpaired) electrons. The summed E-state index contributed by atoms with van der Waals surface area (Å²) in [6.07, 6.45) is 0. The molecule has 0 aromatic heterocycles. The molecule has 1 aromatic carbocycles. The molecule has 0 unspecified atom stereocenters. The van der Waals surface area contributed by atoms with Gasteiger partial charge in [0.2, 0.25) is 0 Å². The van der Waals surface area contributed by atoms with Gasteiger partial charge in [-0.1, -0.05) is 12.1 Å². The van der Waals surface area contributed by atoms with Crippen LogP contribution < -0.4 is 0 Å². The Kier molecular flexibility index (Phi) is 3.71. The fourth-order valence-corrected chi connectivity index (χ4v) is 0.856. The maximum atomic E-state index is 10.5. The first-order chi connectivity index (χ1) is 5.63. The van der Waals surface area contributed by atoms with E-state index in [4.69, 9.17) is 10.2 Å². The number of hydrogen-bond acceptors (Lipinski definition) is 2. The molecule has 0 bridgehead atoms. The van der Waals surface area contributed by atoms with Gasteiger partial charge in [0.1, 0.15) is 0 Å². The Hall–Kier alpha value is -1.78. The van der Waals surface area contributed by atoms with Crippen LogP contribution in [0.25, 0.3) is 0 Å². The molecule has 1 aromatic rings. The molecule has 0 aliphatic carbocycles. The minimum absolute atomic E-state index is 0. The van der Waals surface area contributed by atoms with Gasteiger partial charge in [0.05, 0.1) is 19.5 Å². The zero-order chi connectivity index (χ0) is 9.14. The summed E-state index contributed by atoms with van der Waals surface area (Å²) in [6.45, 7) is 0. The molecule has 0 amide bonds. The lowest BCUT2D eigenvalue weighted by Gasteiger charge is -1.98. The SMILES string of the molecule is B.O=C(O)c1ccccc1C(=O)O. The van der Waals surface area contributed by atoms with E-state index in [2.05, 4.69) is 0 Å². The topological polar surface area (TPSA) is 74.6 Å². The molecule has 0 atom stereocenters. The smallest absolute Gasteiger partial charge is 0.336 e. The Morgan fingerprint density at radius 2 is 1.23 bits per heavy atom. The zero-order valence-corrected chi connectivity index (χ0v) is 6.02. The summed E-state index contributed by atoms with van der Waals surface area (Å²) in [5.41, 5.74) is -0.380. The van der Waals surface area contributed by atoms with Gasteiger partial charge in [0, 0.05) is 0 Å². The number of rotatable bonds is 2. The van der Waals surface area contributed by atoms with E-state index in [-0.39, 0.29) is 19.5 Å². The predicted octanol–water partition coefficient (Wildman–Crippen LogP) is -0.101. The Bertz CT molecular complexity index is 302. The molecule has 0 heterocycles. The van der Waals surface area contributed by atoms with Gasteiger partial charge in [-0.25, -0.2) is 9.59 Å². The van der Waals surface area contributed by atoms with Gasteiger partial charge in [-0.2, -0.15) is 0 Å². The van der Waals surface area contributed by atoms with Gasteiger partial charge >= 0.3 is 11.9 Å². The second kappa shape index (κ2) is 4.30. The molecule has 4 nitrogen and oxygen atoms in total. The highest BCUT2D eigenvalue weighted by Crippen LogP contribution is 2.07. The lowest BCUT2D eigenvalue weighted by atomic mass is 10.1. The summed E-state index contributed by atoms with van der Waals surface area (Å²) in [5, 5.41) is 17.1. The van der Waals surface area contributed by atoms with E-state index in [1.54, 1.807) is 0 Å². The van der Waals surface area contributed by atoms with E-state index in [9.17, 15) is 9.59 Å². The minimum Gasteiger partial charge on any atom is -0.478 e. The van der Waals surface area contributed by atoms with Crippen molar-refractivity contribution >= 4 is 20.4 Å². The molecule has 13 heavy (non-hydrogen) atoms. The van der Waals surface area contributed by atoms with Crippen molar-refractivity contribution in [1.29, 1.82) is 0 Å². The first kappa shape index (κ1) is 11.2. The van der Waals surface area contributed by atoms with Crippen molar-refractivity contribution < 1.29 is 19.8 Å². The normalized spacial score (nSPS) is 8.62. The molecule has 0 spiro atoms. The van der Waals surface area contributed by atoms with Crippen LogP contribution in [0.4, 0.5) is 0 Å². The van der Waals surface area contributed by atoms with Crippen LogP contribution in [0.1, 0.15) is 20.7 Å². The molecular weight excluding hydrogens is 171 g/mol. The monoisotopic (exact) mass is 180 g/mol. The molecule has 0 saturated heterocycles. The molecular formula is C8H9BO4. The van der Waals surface area contributed by atoms with Gasteiger partial charge < -0.3 is 10.2 Å². The van der Waals surface area contributed by atoms with Crippen LogP contribution in [0.3, 0.4) is 0 Å². The summed E-state index contributed by atoms with van der Waals surface area (Å²) < 4.78 is 0. The quantitative estimate of drug-likeness (QED) is 0.623. The largest absolute Gasteiger partial charge is 0.478 e. The van der Waals surface area contributed by atoms with Crippen molar-refractivity contribution in [3.05, 3.63) is 35.4 Å². The van der Waals surface area contributed by atoms with E-state index in [1.807, 2.05) is 0 Å². The van der Waals surface area contributed by atoms with Crippen molar-refractivity contribution in [2.45, 2.75) is 0 Å². The van der Waals surface area contributed by atoms with Gasteiger partial charge in [-0.3, -0.25) is 0 Å². The van der Waals surface area contributed by atoms with Crippen molar-refractivity contribution in [3.63, 3.8) is 0 Å². The van der Waals surface area contributed by atoms with E-state index < -0.39 is 11.9 Å². The van der Waals surface area contributed by atoms with E-state index in [0.29, 0.717) is 0 Å². The number of carbonyl (C=O) groups is 2. The first-order valence-corrected chi connectivity index (χ1v) is 3.18. The molecule has 0 aliphatic rings. The third-order valence-corrected chi connectivity index (χ3v) is 1.39. The highest BCUT2D eigenvalue weighted by atomic mass is 16.4. The minimum atomic E-state index is -1.23. The molecule has 0 saturated carbocycles. The number of hydrogen-bond donors (Lipinski definition) is 2. The average molecular weight is 180 g/mol. The summed E-state index contributed by atoms with van der Waals surface area (Å²) in [4.78, 5) is 20.9. The standard InChI is InChI=1S/C8H6O4.BH3/c9-7(10)5-3-1-2-4-6(5)8(11)12;/h1-4H,(H,9,10)(H,11,12);1H3. The van der Waals surface area contributed by atoms with Crippen LogP contribution in [0.5, 0.6) is 0 Å². The van der Waals surface area contributed by atoms with E-state index in [0.717, 1.165) is 0 Å². The van der Waals surface area contributed by atoms with Crippen LogP contribution >= 0.6 is 0 Å². The van der Waals surface area contributed by atoms with Crippen LogP contribution in [0.2, 0.25) is 0 Å². The molecule has 5 heteroatoms. The highest BCUT2D eigenvalue weighted by molar-refractivity contribution is 6.01. The summed E-state index contributed by atoms with van der Waals surface area (Å²) in [7, 11) is 0. The lowest BCUT2D eigenvalue weighted by Crippen LogP contribution is -2.06.